The van der Waals surface area contributed by atoms with E-state index in [0.29, 0.717) is 10.6 Å². The first-order valence-electron chi connectivity index (χ1n) is 4.00. The molecule has 1 aromatic rings. The van der Waals surface area contributed by atoms with Crippen molar-refractivity contribution in [1.82, 2.24) is 0 Å². The summed E-state index contributed by atoms with van der Waals surface area (Å²) in [5.41, 5.74) is 0.640. The Hall–Kier alpha value is -1.27. The van der Waals surface area contributed by atoms with E-state index in [1.807, 2.05) is 6.07 Å². The predicted octanol–water partition coefficient (Wildman–Crippen LogP) is 2.86. The van der Waals surface area contributed by atoms with Crippen molar-refractivity contribution in [3.05, 3.63) is 28.0 Å². The molecule has 0 aliphatic carbocycles. The van der Waals surface area contributed by atoms with Gasteiger partial charge in [-0.25, -0.2) is 4.39 Å². The summed E-state index contributed by atoms with van der Waals surface area (Å²) in [6.07, 6.45) is -0.0452. The summed E-state index contributed by atoms with van der Waals surface area (Å²) in [6, 6.07) is 3.36. The summed E-state index contributed by atoms with van der Waals surface area (Å²) in [6.45, 7) is 1.60. The minimum atomic E-state index is -0.423. The van der Waals surface area contributed by atoms with E-state index in [1.54, 1.807) is 6.92 Å². The second-order valence-electron chi connectivity index (χ2n) is 2.84. The molecular weight excluding hydrogens is 205 g/mol. The summed E-state index contributed by atoms with van der Waals surface area (Å²) in [7, 11) is 1.40. The van der Waals surface area contributed by atoms with Gasteiger partial charge in [-0.2, -0.15) is 5.26 Å². The highest BCUT2D eigenvalue weighted by Crippen LogP contribution is 2.32. The maximum atomic E-state index is 13.5. The van der Waals surface area contributed by atoms with Gasteiger partial charge in [-0.05, 0) is 18.6 Å². The van der Waals surface area contributed by atoms with Crippen molar-refractivity contribution >= 4 is 11.6 Å². The number of ether oxygens (including phenoxy) is 1. The van der Waals surface area contributed by atoms with Crippen molar-refractivity contribution in [3.8, 4) is 11.8 Å². The third kappa shape index (κ3) is 1.80. The molecule has 1 aromatic carbocycles. The van der Waals surface area contributed by atoms with Crippen molar-refractivity contribution in [3.63, 3.8) is 0 Å². The quantitative estimate of drug-likeness (QED) is 0.757. The van der Waals surface area contributed by atoms with Crippen molar-refractivity contribution in [1.29, 1.82) is 5.26 Å². The SMILES string of the molecule is COc1c(Cl)cc(C)c(F)c1CC#N. The number of methoxy groups -OCH3 is 1. The first kappa shape index (κ1) is 10.8. The van der Waals surface area contributed by atoms with E-state index in [4.69, 9.17) is 21.6 Å². The van der Waals surface area contributed by atoms with Crippen molar-refractivity contribution in [2.75, 3.05) is 7.11 Å². The van der Waals surface area contributed by atoms with Crippen LogP contribution in [0.4, 0.5) is 4.39 Å². The zero-order valence-corrected chi connectivity index (χ0v) is 8.65. The molecule has 0 saturated carbocycles. The fourth-order valence-corrected chi connectivity index (χ4v) is 1.61. The highest BCUT2D eigenvalue weighted by molar-refractivity contribution is 6.32. The Morgan fingerprint density at radius 3 is 2.79 bits per heavy atom. The third-order valence-electron chi connectivity index (χ3n) is 1.91. The van der Waals surface area contributed by atoms with Crippen LogP contribution in [0.1, 0.15) is 11.1 Å². The van der Waals surface area contributed by atoms with Crippen LogP contribution >= 0.6 is 11.6 Å². The van der Waals surface area contributed by atoms with Crippen LogP contribution < -0.4 is 4.74 Å². The molecule has 0 aliphatic heterocycles. The molecule has 14 heavy (non-hydrogen) atoms. The Labute approximate surface area is 86.9 Å². The number of hydrogen-bond donors (Lipinski definition) is 0. The third-order valence-corrected chi connectivity index (χ3v) is 2.19. The number of aryl methyl sites for hydroxylation is 1. The van der Waals surface area contributed by atoms with Crippen LogP contribution in [0.3, 0.4) is 0 Å². The van der Waals surface area contributed by atoms with E-state index in [2.05, 4.69) is 0 Å². The van der Waals surface area contributed by atoms with Gasteiger partial charge in [0.2, 0.25) is 0 Å². The molecule has 1 rings (SSSR count). The zero-order valence-electron chi connectivity index (χ0n) is 7.90. The molecule has 2 nitrogen and oxygen atoms in total. The topological polar surface area (TPSA) is 33.0 Å². The fraction of sp³-hybridized carbons (Fsp3) is 0.300. The molecule has 0 radical (unpaired) electrons. The van der Waals surface area contributed by atoms with Crippen LogP contribution in [0.5, 0.6) is 5.75 Å². The number of nitrogens with zero attached hydrogens (tertiary/aromatic N) is 1. The normalized spacial score (nSPS) is 9.64. The maximum absolute atomic E-state index is 13.5. The maximum Gasteiger partial charge on any atom is 0.144 e. The Kier molecular flexibility index (Phi) is 3.32. The molecule has 0 bridgehead atoms. The first-order valence-corrected chi connectivity index (χ1v) is 4.38. The van der Waals surface area contributed by atoms with Gasteiger partial charge in [0.1, 0.15) is 11.6 Å². The number of nitriles is 1. The molecule has 0 N–H and O–H groups in total. The monoisotopic (exact) mass is 213 g/mol. The number of benzene rings is 1. The molecule has 74 valence electrons. The summed E-state index contributed by atoms with van der Waals surface area (Å²) >= 11 is 5.84. The minimum Gasteiger partial charge on any atom is -0.495 e. The van der Waals surface area contributed by atoms with E-state index in [9.17, 15) is 4.39 Å². The first-order chi connectivity index (χ1) is 6.61. The van der Waals surface area contributed by atoms with Gasteiger partial charge >= 0.3 is 0 Å². The van der Waals surface area contributed by atoms with E-state index in [0.717, 1.165) is 0 Å². The molecular formula is C10H9ClFNO. The Morgan fingerprint density at radius 1 is 1.64 bits per heavy atom. The lowest BCUT2D eigenvalue weighted by Crippen LogP contribution is -1.98. The van der Waals surface area contributed by atoms with Crippen LogP contribution in [-0.2, 0) is 6.42 Å². The van der Waals surface area contributed by atoms with Gasteiger partial charge in [-0.1, -0.05) is 11.6 Å². The second-order valence-corrected chi connectivity index (χ2v) is 3.24. The van der Waals surface area contributed by atoms with Crippen LogP contribution in [-0.4, -0.2) is 7.11 Å². The van der Waals surface area contributed by atoms with E-state index < -0.39 is 5.82 Å². The molecule has 0 aromatic heterocycles. The molecule has 0 amide bonds. The van der Waals surface area contributed by atoms with E-state index in [-0.39, 0.29) is 17.7 Å². The summed E-state index contributed by atoms with van der Waals surface area (Å²) < 4.78 is 18.5. The summed E-state index contributed by atoms with van der Waals surface area (Å²) in [4.78, 5) is 0. The smallest absolute Gasteiger partial charge is 0.144 e. The largest absolute Gasteiger partial charge is 0.495 e. The van der Waals surface area contributed by atoms with Crippen molar-refractivity contribution < 1.29 is 9.13 Å². The molecule has 0 atom stereocenters. The second kappa shape index (κ2) is 4.30. The van der Waals surface area contributed by atoms with Gasteiger partial charge in [0.25, 0.3) is 0 Å². The Bertz CT molecular complexity index is 398. The Balaban J connectivity index is 3.41. The van der Waals surface area contributed by atoms with E-state index >= 15 is 0 Å². The highest BCUT2D eigenvalue weighted by atomic mass is 35.5. The van der Waals surface area contributed by atoms with Gasteiger partial charge < -0.3 is 4.74 Å². The standard InChI is InChI=1S/C10H9ClFNO/c1-6-5-8(11)10(14-2)7(3-4-13)9(6)12/h5H,3H2,1-2H3. The molecule has 0 unspecified atom stereocenters. The van der Waals surface area contributed by atoms with Crippen LogP contribution in [0.25, 0.3) is 0 Å². The van der Waals surface area contributed by atoms with Gasteiger partial charge in [-0.3, -0.25) is 0 Å². The predicted molar refractivity (Wildman–Crippen MR) is 52.0 cm³/mol. The number of halogens is 2. The van der Waals surface area contributed by atoms with E-state index in [1.165, 1.54) is 13.2 Å². The van der Waals surface area contributed by atoms with Gasteiger partial charge in [0.15, 0.2) is 0 Å². The highest BCUT2D eigenvalue weighted by Gasteiger charge is 2.15. The lowest BCUT2D eigenvalue weighted by Gasteiger charge is -2.10. The van der Waals surface area contributed by atoms with Crippen LogP contribution in [0.15, 0.2) is 6.07 Å². The van der Waals surface area contributed by atoms with Gasteiger partial charge in [0, 0.05) is 5.56 Å². The number of hydrogen-bond acceptors (Lipinski definition) is 2. The molecule has 0 aliphatic rings. The average molecular weight is 214 g/mol. The summed E-state index contributed by atoms with van der Waals surface area (Å²) in [5.74, 6) is -0.177. The number of rotatable bonds is 2. The molecule has 0 fully saturated rings. The molecule has 0 heterocycles. The van der Waals surface area contributed by atoms with Crippen LogP contribution in [0.2, 0.25) is 5.02 Å². The zero-order chi connectivity index (χ0) is 10.7. The van der Waals surface area contributed by atoms with Crippen molar-refractivity contribution in [2.24, 2.45) is 0 Å². The molecule has 4 heteroatoms. The lowest BCUT2D eigenvalue weighted by atomic mass is 10.1. The molecule has 0 saturated heterocycles. The fourth-order valence-electron chi connectivity index (χ4n) is 1.26. The summed E-state index contributed by atoms with van der Waals surface area (Å²) in [5, 5.41) is 8.86. The molecule has 0 spiro atoms. The van der Waals surface area contributed by atoms with Gasteiger partial charge in [-0.15, -0.1) is 0 Å². The average Bonchev–Trinajstić information content (AvgIpc) is 2.14. The van der Waals surface area contributed by atoms with Crippen molar-refractivity contribution in [2.45, 2.75) is 13.3 Å². The van der Waals surface area contributed by atoms with Gasteiger partial charge in [0.05, 0.1) is 24.6 Å². The Morgan fingerprint density at radius 2 is 2.29 bits per heavy atom. The lowest BCUT2D eigenvalue weighted by molar-refractivity contribution is 0.406. The minimum absolute atomic E-state index is 0.0452. The van der Waals surface area contributed by atoms with Crippen LogP contribution in [0, 0.1) is 24.1 Å².